The maximum absolute atomic E-state index is 11.1. The monoisotopic (exact) mass is 502 g/mol. The molecule has 1 aromatic carbocycles. The molecule has 0 fully saturated rings. The molecule has 0 saturated heterocycles. The molecule has 9 nitrogen and oxygen atoms in total. The average Bonchev–Trinajstić information content (AvgIpc) is 3.44. The lowest BCUT2D eigenvalue weighted by atomic mass is 10.1. The van der Waals surface area contributed by atoms with Crippen LogP contribution in [0, 0.1) is 20.8 Å². The summed E-state index contributed by atoms with van der Waals surface area (Å²) in [6, 6.07) is 5.93. The van der Waals surface area contributed by atoms with Gasteiger partial charge in [-0.15, -0.1) is 11.3 Å². The van der Waals surface area contributed by atoms with Crippen molar-refractivity contribution in [3.05, 3.63) is 39.8 Å². The van der Waals surface area contributed by atoms with Gasteiger partial charge in [0.1, 0.15) is 25.1 Å². The molecule has 1 atom stereocenters. The first-order valence-corrected chi connectivity index (χ1v) is 12.4. The molecule has 1 amide bonds. The highest BCUT2D eigenvalue weighted by molar-refractivity contribution is 7.15. The SMILES string of the molecule is CCCN(C)Cc1sc(-c2nc(-c3cc(C)c(OC[C@@H](O)CNC(=O)CO)c(C)c3)no2)cc1C. The van der Waals surface area contributed by atoms with Gasteiger partial charge in [0.2, 0.25) is 11.7 Å². The van der Waals surface area contributed by atoms with E-state index in [1.165, 1.54) is 10.4 Å². The van der Waals surface area contributed by atoms with Crippen LogP contribution >= 0.6 is 11.3 Å². The van der Waals surface area contributed by atoms with Gasteiger partial charge in [0.15, 0.2) is 0 Å². The molecule has 0 bridgehead atoms. The number of aliphatic hydroxyl groups excluding tert-OH is 2. The van der Waals surface area contributed by atoms with Crippen molar-refractivity contribution in [2.24, 2.45) is 0 Å². The number of hydrogen-bond donors (Lipinski definition) is 3. The van der Waals surface area contributed by atoms with Crippen LogP contribution in [-0.2, 0) is 11.3 Å². The van der Waals surface area contributed by atoms with Gasteiger partial charge in [-0.2, -0.15) is 4.98 Å². The molecule has 0 unspecified atom stereocenters. The highest BCUT2D eigenvalue weighted by Crippen LogP contribution is 2.34. The first-order valence-electron chi connectivity index (χ1n) is 11.6. The Balaban J connectivity index is 1.70. The normalized spacial score (nSPS) is 12.2. The van der Waals surface area contributed by atoms with E-state index in [9.17, 15) is 9.90 Å². The van der Waals surface area contributed by atoms with Gasteiger partial charge in [-0.25, -0.2) is 0 Å². The molecule has 0 aliphatic carbocycles. The fourth-order valence-corrected chi connectivity index (χ4v) is 4.94. The number of amides is 1. The minimum atomic E-state index is -0.898. The van der Waals surface area contributed by atoms with E-state index in [0.717, 1.165) is 41.1 Å². The van der Waals surface area contributed by atoms with Crippen molar-refractivity contribution in [3.8, 4) is 27.9 Å². The summed E-state index contributed by atoms with van der Waals surface area (Å²) >= 11 is 1.68. The Morgan fingerprint density at radius 3 is 2.60 bits per heavy atom. The molecule has 10 heteroatoms. The molecule has 0 spiro atoms. The fourth-order valence-electron chi connectivity index (χ4n) is 3.76. The van der Waals surface area contributed by atoms with Gasteiger partial charge < -0.3 is 29.7 Å². The molecule has 0 aliphatic rings. The lowest BCUT2D eigenvalue weighted by Gasteiger charge is -2.16. The Kier molecular flexibility index (Phi) is 9.39. The van der Waals surface area contributed by atoms with Gasteiger partial charge >= 0.3 is 0 Å². The molecule has 3 aromatic rings. The van der Waals surface area contributed by atoms with Gasteiger partial charge in [-0.3, -0.25) is 4.79 Å². The Morgan fingerprint density at radius 1 is 1.23 bits per heavy atom. The van der Waals surface area contributed by atoms with Crippen molar-refractivity contribution in [3.63, 3.8) is 0 Å². The average molecular weight is 503 g/mol. The van der Waals surface area contributed by atoms with E-state index in [2.05, 4.69) is 47.3 Å². The number of aryl methyl sites for hydroxylation is 3. The maximum Gasteiger partial charge on any atom is 0.268 e. The lowest BCUT2D eigenvalue weighted by molar-refractivity contribution is -0.124. The zero-order valence-corrected chi connectivity index (χ0v) is 21.7. The van der Waals surface area contributed by atoms with Gasteiger partial charge in [0.25, 0.3) is 5.89 Å². The number of benzene rings is 1. The lowest BCUT2D eigenvalue weighted by Crippen LogP contribution is -2.36. The second-order valence-corrected chi connectivity index (χ2v) is 9.88. The summed E-state index contributed by atoms with van der Waals surface area (Å²) in [6.07, 6.45) is 0.219. The van der Waals surface area contributed by atoms with Crippen molar-refractivity contribution in [2.75, 3.05) is 33.4 Å². The molecule has 2 heterocycles. The zero-order valence-electron chi connectivity index (χ0n) is 20.9. The molecular formula is C25H34N4O5S. The Bertz CT molecular complexity index is 1120. The van der Waals surface area contributed by atoms with Crippen LogP contribution in [0.15, 0.2) is 22.7 Å². The van der Waals surface area contributed by atoms with E-state index in [4.69, 9.17) is 14.4 Å². The number of carbonyl (C=O) groups excluding carboxylic acids is 1. The highest BCUT2D eigenvalue weighted by Gasteiger charge is 2.18. The second-order valence-electron chi connectivity index (χ2n) is 8.74. The summed E-state index contributed by atoms with van der Waals surface area (Å²) < 4.78 is 11.4. The van der Waals surface area contributed by atoms with Crippen LogP contribution in [0.3, 0.4) is 0 Å². The van der Waals surface area contributed by atoms with Crippen molar-refractivity contribution >= 4 is 17.2 Å². The minimum absolute atomic E-state index is 0.00000823. The van der Waals surface area contributed by atoms with Crippen LogP contribution in [0.4, 0.5) is 0 Å². The van der Waals surface area contributed by atoms with Gasteiger partial charge in [-0.05, 0) is 75.7 Å². The summed E-state index contributed by atoms with van der Waals surface area (Å²) in [7, 11) is 2.13. The minimum Gasteiger partial charge on any atom is -0.490 e. The number of hydrogen-bond acceptors (Lipinski definition) is 9. The van der Waals surface area contributed by atoms with Crippen molar-refractivity contribution in [1.29, 1.82) is 0 Å². The van der Waals surface area contributed by atoms with Crippen LogP contribution in [-0.4, -0.2) is 70.6 Å². The first-order chi connectivity index (χ1) is 16.7. The largest absolute Gasteiger partial charge is 0.490 e. The molecular weight excluding hydrogens is 468 g/mol. The van der Waals surface area contributed by atoms with Crippen LogP contribution in [0.25, 0.3) is 22.2 Å². The molecule has 3 rings (SSSR count). The standard InChI is InChI=1S/C25H34N4O5S/c1-6-7-29(5)12-21-15(2)10-20(35-21)25-27-24(28-34-25)18-8-16(3)23(17(4)9-18)33-14-19(31)11-26-22(32)13-30/h8-10,19,30-31H,6-7,11-14H2,1-5H3,(H,26,32)/t19-/m0/s1. The quantitative estimate of drug-likeness (QED) is 0.346. The van der Waals surface area contributed by atoms with E-state index in [1.54, 1.807) is 11.3 Å². The van der Waals surface area contributed by atoms with Crippen molar-refractivity contribution in [2.45, 2.75) is 46.8 Å². The fraction of sp³-hybridized carbons (Fsp3) is 0.480. The number of thiophene rings is 1. The van der Waals surface area contributed by atoms with E-state index in [-0.39, 0.29) is 13.2 Å². The second kappa shape index (κ2) is 12.3. The molecule has 0 aliphatic heterocycles. The number of nitrogens with one attached hydrogen (secondary N) is 1. The topological polar surface area (TPSA) is 121 Å². The predicted molar refractivity (Wildman–Crippen MR) is 135 cm³/mol. The number of aromatic nitrogens is 2. The molecule has 0 saturated carbocycles. The molecule has 0 radical (unpaired) electrons. The third-order valence-corrected chi connectivity index (χ3v) is 6.70. The van der Waals surface area contributed by atoms with Crippen molar-refractivity contribution < 1.29 is 24.3 Å². The number of carbonyl (C=O) groups is 1. The third kappa shape index (κ3) is 7.11. The van der Waals surface area contributed by atoms with E-state index < -0.39 is 18.6 Å². The van der Waals surface area contributed by atoms with E-state index in [1.807, 2.05) is 26.0 Å². The number of rotatable bonds is 12. The molecule has 190 valence electrons. The van der Waals surface area contributed by atoms with Crippen LogP contribution < -0.4 is 10.1 Å². The zero-order chi connectivity index (χ0) is 25.5. The third-order valence-electron chi connectivity index (χ3n) is 5.49. The van der Waals surface area contributed by atoms with Crippen LogP contribution in [0.5, 0.6) is 5.75 Å². The van der Waals surface area contributed by atoms with Gasteiger partial charge in [0.05, 0.1) is 4.88 Å². The first kappa shape index (κ1) is 26.8. The Labute approximate surface area is 209 Å². The summed E-state index contributed by atoms with van der Waals surface area (Å²) in [5.74, 6) is 1.11. The highest BCUT2D eigenvalue weighted by atomic mass is 32.1. The smallest absolute Gasteiger partial charge is 0.268 e. The molecule has 35 heavy (non-hydrogen) atoms. The summed E-state index contributed by atoms with van der Waals surface area (Å²) in [5.41, 5.74) is 3.77. The van der Waals surface area contributed by atoms with E-state index in [0.29, 0.717) is 17.5 Å². The van der Waals surface area contributed by atoms with Gasteiger partial charge in [0, 0.05) is 23.5 Å². The molecule has 3 N–H and O–H groups in total. The summed E-state index contributed by atoms with van der Waals surface area (Å²) in [6.45, 7) is 9.44. The Morgan fingerprint density at radius 2 is 1.94 bits per heavy atom. The number of nitrogens with zero attached hydrogens (tertiary/aromatic N) is 3. The van der Waals surface area contributed by atoms with Gasteiger partial charge in [-0.1, -0.05) is 12.1 Å². The maximum atomic E-state index is 11.1. The number of aliphatic hydroxyl groups is 2. The molecule has 2 aromatic heterocycles. The Hall–Kier alpha value is -2.79. The van der Waals surface area contributed by atoms with Crippen LogP contribution in [0.1, 0.15) is 34.9 Å². The predicted octanol–water partition coefficient (Wildman–Crippen LogP) is 3.08. The van der Waals surface area contributed by atoms with E-state index >= 15 is 0 Å². The summed E-state index contributed by atoms with van der Waals surface area (Å²) in [4.78, 5) is 20.3. The van der Waals surface area contributed by atoms with Crippen molar-refractivity contribution in [1.82, 2.24) is 20.4 Å². The van der Waals surface area contributed by atoms with Crippen LogP contribution in [0.2, 0.25) is 0 Å². The number of ether oxygens (including phenoxy) is 1. The summed E-state index contributed by atoms with van der Waals surface area (Å²) in [5, 5.41) is 25.4.